The number of carbonyl (C=O) groups excluding carboxylic acids is 4. The topological polar surface area (TPSA) is 105 Å². The Bertz CT molecular complexity index is 792. The van der Waals surface area contributed by atoms with Crippen LogP contribution in [-0.2, 0) is 28.5 Å². The highest BCUT2D eigenvalue weighted by atomic mass is 16.6. The minimum Gasteiger partial charge on any atom is -0.466 e. The van der Waals surface area contributed by atoms with Gasteiger partial charge in [-0.25, -0.2) is 19.2 Å². The van der Waals surface area contributed by atoms with Crippen LogP contribution in [0.5, 0.6) is 0 Å². The van der Waals surface area contributed by atoms with Gasteiger partial charge in [-0.3, -0.25) is 0 Å². The summed E-state index contributed by atoms with van der Waals surface area (Å²) >= 11 is 0. The molecule has 122 valence electrons. The molecular formula is C16H10O8. The van der Waals surface area contributed by atoms with Crippen molar-refractivity contribution in [1.29, 1.82) is 0 Å². The third-order valence-electron chi connectivity index (χ3n) is 3.43. The smallest absolute Gasteiger partial charge is 0.344 e. The SMILES string of the molecule is COC(=O)/C=C1\OC(=O)c2cc3c(cc21)/C(=C/C(=O)OC)OC3=O. The van der Waals surface area contributed by atoms with E-state index >= 15 is 0 Å². The van der Waals surface area contributed by atoms with Crippen molar-refractivity contribution in [2.24, 2.45) is 0 Å². The first-order chi connectivity index (χ1) is 11.4. The number of hydrogen-bond acceptors (Lipinski definition) is 8. The molecule has 1 aromatic carbocycles. The molecule has 0 bridgehead atoms. The molecule has 0 N–H and O–H groups in total. The Morgan fingerprint density at radius 3 is 1.54 bits per heavy atom. The van der Waals surface area contributed by atoms with Crippen molar-refractivity contribution in [3.8, 4) is 0 Å². The predicted octanol–water partition coefficient (Wildman–Crippen LogP) is 1.06. The van der Waals surface area contributed by atoms with Gasteiger partial charge < -0.3 is 18.9 Å². The van der Waals surface area contributed by atoms with Crippen LogP contribution in [0.4, 0.5) is 0 Å². The summed E-state index contributed by atoms with van der Waals surface area (Å²) in [5, 5.41) is 0. The quantitative estimate of drug-likeness (QED) is 0.450. The number of ether oxygens (including phenoxy) is 4. The van der Waals surface area contributed by atoms with E-state index < -0.39 is 23.9 Å². The molecule has 2 aliphatic heterocycles. The number of hydrogen-bond donors (Lipinski definition) is 0. The molecule has 0 radical (unpaired) electrons. The molecule has 8 nitrogen and oxygen atoms in total. The van der Waals surface area contributed by atoms with Crippen LogP contribution in [-0.4, -0.2) is 38.1 Å². The maximum Gasteiger partial charge on any atom is 0.344 e. The van der Waals surface area contributed by atoms with E-state index in [1.165, 1.54) is 26.4 Å². The van der Waals surface area contributed by atoms with Crippen molar-refractivity contribution in [1.82, 2.24) is 0 Å². The molecule has 3 rings (SSSR count). The average Bonchev–Trinajstić information content (AvgIpc) is 3.03. The number of carbonyl (C=O) groups is 4. The summed E-state index contributed by atoms with van der Waals surface area (Å²) in [5.41, 5.74) is 0.803. The normalized spacial score (nSPS) is 18.1. The molecule has 0 atom stereocenters. The van der Waals surface area contributed by atoms with Crippen LogP contribution in [0, 0.1) is 0 Å². The number of methoxy groups -OCH3 is 2. The molecular weight excluding hydrogens is 320 g/mol. The fourth-order valence-corrected chi connectivity index (χ4v) is 2.31. The second kappa shape index (κ2) is 5.65. The van der Waals surface area contributed by atoms with Crippen LogP contribution in [0.15, 0.2) is 24.3 Å². The van der Waals surface area contributed by atoms with E-state index in [9.17, 15) is 19.2 Å². The van der Waals surface area contributed by atoms with Gasteiger partial charge in [0.15, 0.2) is 0 Å². The van der Waals surface area contributed by atoms with Crippen molar-refractivity contribution < 1.29 is 38.1 Å². The van der Waals surface area contributed by atoms with Crippen molar-refractivity contribution in [3.05, 3.63) is 46.5 Å². The Morgan fingerprint density at radius 1 is 0.792 bits per heavy atom. The fraction of sp³-hybridized carbons (Fsp3) is 0.125. The number of esters is 4. The highest BCUT2D eigenvalue weighted by Crippen LogP contribution is 2.38. The lowest BCUT2D eigenvalue weighted by Crippen LogP contribution is -1.98. The highest BCUT2D eigenvalue weighted by Gasteiger charge is 2.35. The minimum atomic E-state index is -0.707. The van der Waals surface area contributed by atoms with E-state index in [0.29, 0.717) is 11.1 Å². The third-order valence-corrected chi connectivity index (χ3v) is 3.43. The van der Waals surface area contributed by atoms with E-state index in [0.717, 1.165) is 12.2 Å². The molecule has 0 saturated carbocycles. The summed E-state index contributed by atoms with van der Waals surface area (Å²) in [6.45, 7) is 0. The van der Waals surface area contributed by atoms with Gasteiger partial charge in [-0.15, -0.1) is 0 Å². The van der Waals surface area contributed by atoms with Crippen molar-refractivity contribution >= 4 is 35.4 Å². The highest BCUT2D eigenvalue weighted by molar-refractivity contribution is 6.12. The van der Waals surface area contributed by atoms with Crippen LogP contribution in [0.25, 0.3) is 11.5 Å². The number of fused-ring (bicyclic) bond motifs is 2. The third kappa shape index (κ3) is 2.43. The van der Waals surface area contributed by atoms with Crippen LogP contribution in [0.1, 0.15) is 31.8 Å². The number of benzene rings is 1. The van der Waals surface area contributed by atoms with Gasteiger partial charge in [-0.1, -0.05) is 0 Å². The lowest BCUT2D eigenvalue weighted by atomic mass is 9.98. The Kier molecular flexibility index (Phi) is 3.64. The molecule has 0 amide bonds. The summed E-state index contributed by atoms with van der Waals surface area (Å²) in [6, 6.07) is 2.73. The summed E-state index contributed by atoms with van der Waals surface area (Å²) < 4.78 is 19.0. The zero-order valence-electron chi connectivity index (χ0n) is 12.6. The van der Waals surface area contributed by atoms with Crippen LogP contribution >= 0.6 is 0 Å². The van der Waals surface area contributed by atoms with E-state index in [4.69, 9.17) is 9.47 Å². The monoisotopic (exact) mass is 330 g/mol. The summed E-state index contributed by atoms with van der Waals surface area (Å²) in [5.74, 6) is -2.85. The van der Waals surface area contributed by atoms with Gasteiger partial charge >= 0.3 is 23.9 Å². The van der Waals surface area contributed by atoms with E-state index in [1.54, 1.807) is 0 Å². The van der Waals surface area contributed by atoms with Crippen molar-refractivity contribution in [3.63, 3.8) is 0 Å². The Labute approximate surface area is 135 Å². The zero-order chi connectivity index (χ0) is 17.4. The predicted molar refractivity (Wildman–Crippen MR) is 77.3 cm³/mol. The van der Waals surface area contributed by atoms with E-state index in [1.807, 2.05) is 0 Å². The Hall–Kier alpha value is -3.42. The maximum atomic E-state index is 11.9. The van der Waals surface area contributed by atoms with Gasteiger partial charge in [0.05, 0.1) is 37.5 Å². The largest absolute Gasteiger partial charge is 0.466 e. The minimum absolute atomic E-state index is 0.0126. The molecule has 2 aliphatic rings. The standard InChI is InChI=1S/C16H10O8/c1-21-13(17)5-11-7-3-8-10(4-9(7)15(19)23-11)16(20)24-12(8)6-14(18)22-2/h3-6H,1-2H3/b11-5-,12-6-. The van der Waals surface area contributed by atoms with E-state index in [-0.39, 0.29) is 22.6 Å². The summed E-state index contributed by atoms with van der Waals surface area (Å²) in [7, 11) is 2.37. The lowest BCUT2D eigenvalue weighted by Gasteiger charge is -2.01. The van der Waals surface area contributed by atoms with Gasteiger partial charge in [-0.05, 0) is 12.1 Å². The maximum absolute atomic E-state index is 11.9. The molecule has 0 aliphatic carbocycles. The second-order valence-electron chi connectivity index (χ2n) is 4.79. The van der Waals surface area contributed by atoms with Crippen LogP contribution in [0.2, 0.25) is 0 Å². The fourth-order valence-electron chi connectivity index (χ4n) is 2.31. The molecule has 24 heavy (non-hydrogen) atoms. The van der Waals surface area contributed by atoms with Crippen molar-refractivity contribution in [2.45, 2.75) is 0 Å². The average molecular weight is 330 g/mol. The van der Waals surface area contributed by atoms with E-state index in [2.05, 4.69) is 9.47 Å². The summed E-state index contributed by atoms with van der Waals surface area (Å²) in [6.07, 6.45) is 2.02. The molecule has 8 heteroatoms. The van der Waals surface area contributed by atoms with Crippen LogP contribution in [0.3, 0.4) is 0 Å². The lowest BCUT2D eigenvalue weighted by molar-refractivity contribution is -0.135. The first kappa shape index (κ1) is 15.5. The molecule has 0 aromatic heterocycles. The Morgan fingerprint density at radius 2 is 1.17 bits per heavy atom. The van der Waals surface area contributed by atoms with Gasteiger partial charge in [0.2, 0.25) is 0 Å². The second-order valence-corrected chi connectivity index (χ2v) is 4.79. The van der Waals surface area contributed by atoms with Crippen molar-refractivity contribution in [2.75, 3.05) is 14.2 Å². The first-order valence-corrected chi connectivity index (χ1v) is 6.67. The molecule has 0 spiro atoms. The molecule has 0 unspecified atom stereocenters. The molecule has 2 heterocycles. The van der Waals surface area contributed by atoms with Gasteiger partial charge in [0.25, 0.3) is 0 Å². The zero-order valence-corrected chi connectivity index (χ0v) is 12.6. The Balaban J connectivity index is 2.15. The molecule has 0 saturated heterocycles. The first-order valence-electron chi connectivity index (χ1n) is 6.67. The summed E-state index contributed by atoms with van der Waals surface area (Å²) in [4.78, 5) is 46.6. The molecule has 1 aromatic rings. The van der Waals surface area contributed by atoms with Gasteiger partial charge in [0, 0.05) is 11.1 Å². The number of rotatable bonds is 2. The van der Waals surface area contributed by atoms with Crippen LogP contribution < -0.4 is 0 Å². The van der Waals surface area contributed by atoms with Gasteiger partial charge in [-0.2, -0.15) is 0 Å². The van der Waals surface area contributed by atoms with Gasteiger partial charge in [0.1, 0.15) is 11.5 Å². The molecule has 0 fully saturated rings. The number of cyclic esters (lactones) is 2.